The Kier molecular flexibility index (Phi) is 1.81. The maximum Gasteiger partial charge on any atom is 0.151 e. The lowest BCUT2D eigenvalue weighted by molar-refractivity contribution is 0.481. The summed E-state index contributed by atoms with van der Waals surface area (Å²) in [5.74, 6) is -0.551. The Morgan fingerprint density at radius 3 is 2.92 bits per heavy atom. The zero-order valence-corrected chi connectivity index (χ0v) is 7.22. The van der Waals surface area contributed by atoms with Crippen molar-refractivity contribution in [3.63, 3.8) is 0 Å². The van der Waals surface area contributed by atoms with E-state index in [9.17, 15) is 9.50 Å². The summed E-state index contributed by atoms with van der Waals surface area (Å²) in [5, 5.41) is 9.92. The van der Waals surface area contributed by atoms with Gasteiger partial charge in [0.1, 0.15) is 11.3 Å². The summed E-state index contributed by atoms with van der Waals surface area (Å²) in [7, 11) is 0. The van der Waals surface area contributed by atoms with Crippen LogP contribution in [0, 0.1) is 5.82 Å². The molecule has 1 heterocycles. The average molecular weight is 198 g/mol. The van der Waals surface area contributed by atoms with Gasteiger partial charge in [-0.1, -0.05) is 11.6 Å². The first-order chi connectivity index (χ1) is 6.18. The van der Waals surface area contributed by atoms with Crippen LogP contribution in [0.25, 0.3) is 10.9 Å². The van der Waals surface area contributed by atoms with Crippen molar-refractivity contribution in [1.82, 2.24) is 4.98 Å². The normalized spacial score (nSPS) is 10.6. The van der Waals surface area contributed by atoms with Gasteiger partial charge in [-0.15, -0.1) is 0 Å². The maximum absolute atomic E-state index is 13.2. The zero-order valence-electron chi connectivity index (χ0n) is 6.46. The number of pyridine rings is 1. The van der Waals surface area contributed by atoms with Gasteiger partial charge in [-0.2, -0.15) is 0 Å². The average Bonchev–Trinajstić information content (AvgIpc) is 2.07. The van der Waals surface area contributed by atoms with E-state index in [4.69, 9.17) is 11.6 Å². The molecule has 0 spiro atoms. The summed E-state index contributed by atoms with van der Waals surface area (Å²) in [6.45, 7) is 0. The van der Waals surface area contributed by atoms with Crippen molar-refractivity contribution in [3.8, 4) is 5.75 Å². The molecule has 0 aliphatic rings. The quantitative estimate of drug-likeness (QED) is 0.705. The summed E-state index contributed by atoms with van der Waals surface area (Å²) in [6, 6.07) is 4.02. The third-order valence-electron chi connectivity index (χ3n) is 1.74. The van der Waals surface area contributed by atoms with Crippen LogP contribution in [0.15, 0.2) is 24.4 Å². The third kappa shape index (κ3) is 1.31. The van der Waals surface area contributed by atoms with E-state index in [2.05, 4.69) is 4.98 Å². The number of benzene rings is 1. The molecule has 13 heavy (non-hydrogen) atoms. The van der Waals surface area contributed by atoms with E-state index in [0.29, 0.717) is 5.39 Å². The van der Waals surface area contributed by atoms with Crippen LogP contribution >= 0.6 is 11.6 Å². The SMILES string of the molecule is Oc1ccnc2c(F)cc(Cl)cc12. The van der Waals surface area contributed by atoms with Crippen LogP contribution in [-0.4, -0.2) is 10.1 Å². The fourth-order valence-corrected chi connectivity index (χ4v) is 1.37. The van der Waals surface area contributed by atoms with E-state index in [0.717, 1.165) is 6.07 Å². The number of aromatic hydroxyl groups is 1. The molecule has 0 bridgehead atoms. The number of hydrogen-bond acceptors (Lipinski definition) is 2. The minimum Gasteiger partial charge on any atom is -0.507 e. The van der Waals surface area contributed by atoms with Gasteiger partial charge in [-0.05, 0) is 18.2 Å². The molecule has 2 nitrogen and oxygen atoms in total. The van der Waals surface area contributed by atoms with Crippen molar-refractivity contribution in [2.75, 3.05) is 0 Å². The largest absolute Gasteiger partial charge is 0.507 e. The van der Waals surface area contributed by atoms with E-state index in [1.165, 1.54) is 18.3 Å². The fraction of sp³-hybridized carbons (Fsp3) is 0. The molecule has 0 radical (unpaired) electrons. The summed E-state index contributed by atoms with van der Waals surface area (Å²) in [4.78, 5) is 3.79. The van der Waals surface area contributed by atoms with Crippen molar-refractivity contribution < 1.29 is 9.50 Å². The molecule has 1 aromatic carbocycles. The van der Waals surface area contributed by atoms with Crippen LogP contribution < -0.4 is 0 Å². The second-order valence-electron chi connectivity index (χ2n) is 2.61. The highest BCUT2D eigenvalue weighted by Crippen LogP contribution is 2.27. The highest BCUT2D eigenvalue weighted by Gasteiger charge is 2.06. The molecule has 4 heteroatoms. The number of halogens is 2. The lowest BCUT2D eigenvalue weighted by Gasteiger charge is -2.01. The Morgan fingerprint density at radius 2 is 2.15 bits per heavy atom. The van der Waals surface area contributed by atoms with Gasteiger partial charge < -0.3 is 5.11 Å². The van der Waals surface area contributed by atoms with Gasteiger partial charge in [-0.25, -0.2) is 4.39 Å². The Labute approximate surface area is 78.6 Å². The molecule has 2 aromatic rings. The van der Waals surface area contributed by atoms with Crippen molar-refractivity contribution in [2.45, 2.75) is 0 Å². The molecule has 66 valence electrons. The third-order valence-corrected chi connectivity index (χ3v) is 1.96. The van der Waals surface area contributed by atoms with Gasteiger partial charge in [0, 0.05) is 16.6 Å². The van der Waals surface area contributed by atoms with Crippen molar-refractivity contribution in [1.29, 1.82) is 0 Å². The summed E-state index contributed by atoms with van der Waals surface area (Å²) in [6.07, 6.45) is 1.34. The highest BCUT2D eigenvalue weighted by atomic mass is 35.5. The number of nitrogens with zero attached hydrogens (tertiary/aromatic N) is 1. The molecule has 0 aliphatic carbocycles. The minimum absolute atomic E-state index is 0.0219. The van der Waals surface area contributed by atoms with Gasteiger partial charge in [-0.3, -0.25) is 4.98 Å². The lowest BCUT2D eigenvalue weighted by atomic mass is 10.2. The van der Waals surface area contributed by atoms with E-state index < -0.39 is 5.82 Å². The number of hydrogen-bond donors (Lipinski definition) is 1. The van der Waals surface area contributed by atoms with Gasteiger partial charge >= 0.3 is 0 Å². The van der Waals surface area contributed by atoms with E-state index in [1.807, 2.05) is 0 Å². The number of rotatable bonds is 0. The Morgan fingerprint density at radius 1 is 1.38 bits per heavy atom. The van der Waals surface area contributed by atoms with Crippen LogP contribution in [0.2, 0.25) is 5.02 Å². The van der Waals surface area contributed by atoms with Crippen LogP contribution in [0.3, 0.4) is 0 Å². The van der Waals surface area contributed by atoms with Crippen LogP contribution in [0.1, 0.15) is 0 Å². The van der Waals surface area contributed by atoms with Crippen LogP contribution in [0.4, 0.5) is 4.39 Å². The standard InChI is InChI=1S/C9H5ClFNO/c10-5-3-6-8(13)1-2-12-9(6)7(11)4-5/h1-4H,(H,12,13). The molecule has 1 aromatic heterocycles. The predicted octanol–water partition coefficient (Wildman–Crippen LogP) is 2.73. The Hall–Kier alpha value is -1.35. The first kappa shape index (κ1) is 8.26. The second-order valence-corrected chi connectivity index (χ2v) is 3.05. The summed E-state index contributed by atoms with van der Waals surface area (Å²) in [5.41, 5.74) is 0.129. The second kappa shape index (κ2) is 2.85. The van der Waals surface area contributed by atoms with Gasteiger partial charge in [0.15, 0.2) is 5.82 Å². The van der Waals surface area contributed by atoms with Crippen molar-refractivity contribution in [3.05, 3.63) is 35.2 Å². The topological polar surface area (TPSA) is 33.1 Å². The molecule has 0 atom stereocenters. The van der Waals surface area contributed by atoms with Crippen LogP contribution in [-0.2, 0) is 0 Å². The first-order valence-electron chi connectivity index (χ1n) is 3.61. The smallest absolute Gasteiger partial charge is 0.151 e. The monoisotopic (exact) mass is 197 g/mol. The lowest BCUT2D eigenvalue weighted by Crippen LogP contribution is -1.84. The number of fused-ring (bicyclic) bond motifs is 1. The molecule has 0 saturated carbocycles. The molecule has 0 aliphatic heterocycles. The predicted molar refractivity (Wildman–Crippen MR) is 48.4 cm³/mol. The Balaban J connectivity index is 2.94. The zero-order chi connectivity index (χ0) is 9.42. The van der Waals surface area contributed by atoms with E-state index in [1.54, 1.807) is 0 Å². The molecular weight excluding hydrogens is 193 g/mol. The molecule has 0 amide bonds. The van der Waals surface area contributed by atoms with E-state index >= 15 is 0 Å². The summed E-state index contributed by atoms with van der Waals surface area (Å²) < 4.78 is 13.2. The maximum atomic E-state index is 13.2. The minimum atomic E-state index is -0.529. The first-order valence-corrected chi connectivity index (χ1v) is 3.99. The molecule has 0 saturated heterocycles. The highest BCUT2D eigenvalue weighted by molar-refractivity contribution is 6.31. The molecule has 0 fully saturated rings. The molecule has 1 N–H and O–H groups in total. The van der Waals surface area contributed by atoms with E-state index in [-0.39, 0.29) is 16.3 Å². The molecule has 0 unspecified atom stereocenters. The van der Waals surface area contributed by atoms with Gasteiger partial charge in [0.2, 0.25) is 0 Å². The summed E-state index contributed by atoms with van der Waals surface area (Å²) >= 11 is 5.62. The van der Waals surface area contributed by atoms with Crippen LogP contribution in [0.5, 0.6) is 5.75 Å². The van der Waals surface area contributed by atoms with Crippen molar-refractivity contribution >= 4 is 22.5 Å². The number of aromatic nitrogens is 1. The van der Waals surface area contributed by atoms with Crippen molar-refractivity contribution in [2.24, 2.45) is 0 Å². The Bertz CT molecular complexity index is 472. The molecule has 2 rings (SSSR count). The molecular formula is C9H5ClFNO. The van der Waals surface area contributed by atoms with Gasteiger partial charge in [0.05, 0.1) is 0 Å². The fourth-order valence-electron chi connectivity index (χ4n) is 1.16. The van der Waals surface area contributed by atoms with Gasteiger partial charge in [0.25, 0.3) is 0 Å².